The molecule has 0 amide bonds. The van der Waals surface area contributed by atoms with E-state index < -0.39 is 0 Å². The molecule has 0 spiro atoms. The van der Waals surface area contributed by atoms with Gasteiger partial charge in [-0.15, -0.1) is 35.3 Å². The van der Waals surface area contributed by atoms with Crippen molar-refractivity contribution < 1.29 is 13.9 Å². The van der Waals surface area contributed by atoms with Gasteiger partial charge in [0, 0.05) is 19.6 Å². The number of guanidine groups is 1. The minimum atomic E-state index is -0.115. The summed E-state index contributed by atoms with van der Waals surface area (Å²) in [5, 5.41) is 5.32. The lowest BCUT2D eigenvalue weighted by Crippen LogP contribution is -2.46. The number of esters is 1. The largest absolute Gasteiger partial charge is 0.469 e. The number of aromatic nitrogens is 1. The molecule has 1 fully saturated rings. The van der Waals surface area contributed by atoms with Gasteiger partial charge in [-0.25, -0.2) is 9.98 Å². The molecule has 1 saturated heterocycles. The summed E-state index contributed by atoms with van der Waals surface area (Å²) in [6.45, 7) is 4.85. The van der Waals surface area contributed by atoms with Crippen LogP contribution < -0.4 is 5.32 Å². The van der Waals surface area contributed by atoms with E-state index in [4.69, 9.17) is 9.15 Å². The molecule has 3 rings (SSSR count). The number of carbonyl (C=O) groups excluding carboxylic acids is 1. The molecule has 0 bridgehead atoms. The third-order valence-corrected chi connectivity index (χ3v) is 5.20. The number of rotatable bonds is 5. The standard InChI is InChI=1S/C18H24N4O3S.HI/c1-3-19-18(22-8-6-13(7-9-22)17(23)24-2)20-11-14-12-25-16(21-14)15-5-4-10-26-15;/h4-5,10,12-13H,3,6-9,11H2,1-2H3,(H,19,20);1H. The van der Waals surface area contributed by atoms with Crippen LogP contribution in [0.3, 0.4) is 0 Å². The van der Waals surface area contributed by atoms with Gasteiger partial charge < -0.3 is 19.4 Å². The summed E-state index contributed by atoms with van der Waals surface area (Å²) in [4.78, 5) is 24.1. The molecule has 0 atom stereocenters. The molecule has 2 aromatic rings. The zero-order chi connectivity index (χ0) is 18.4. The summed E-state index contributed by atoms with van der Waals surface area (Å²) < 4.78 is 10.4. The minimum absolute atomic E-state index is 0. The van der Waals surface area contributed by atoms with E-state index in [2.05, 4.69) is 20.2 Å². The second-order valence-electron chi connectivity index (χ2n) is 6.08. The van der Waals surface area contributed by atoms with E-state index in [9.17, 15) is 4.79 Å². The van der Waals surface area contributed by atoms with Crippen LogP contribution in [-0.4, -0.2) is 48.6 Å². The van der Waals surface area contributed by atoms with E-state index in [1.807, 2.05) is 24.4 Å². The third-order valence-electron chi connectivity index (χ3n) is 4.34. The Morgan fingerprint density at radius 3 is 2.89 bits per heavy atom. The smallest absolute Gasteiger partial charge is 0.308 e. The van der Waals surface area contributed by atoms with E-state index in [1.54, 1.807) is 17.6 Å². The monoisotopic (exact) mass is 504 g/mol. The average Bonchev–Trinajstić information content (AvgIpc) is 3.36. The molecule has 1 aliphatic heterocycles. The molecular weight excluding hydrogens is 479 g/mol. The summed E-state index contributed by atoms with van der Waals surface area (Å²) in [5.74, 6) is 1.35. The summed E-state index contributed by atoms with van der Waals surface area (Å²) in [6, 6.07) is 3.96. The lowest BCUT2D eigenvalue weighted by molar-refractivity contribution is -0.146. The number of piperidine rings is 1. The van der Waals surface area contributed by atoms with Gasteiger partial charge in [-0.1, -0.05) is 6.07 Å². The van der Waals surface area contributed by atoms with Crippen molar-refractivity contribution in [2.24, 2.45) is 10.9 Å². The molecule has 0 radical (unpaired) electrons. The van der Waals surface area contributed by atoms with Crippen LogP contribution in [0.2, 0.25) is 0 Å². The molecule has 2 aromatic heterocycles. The van der Waals surface area contributed by atoms with Gasteiger partial charge in [-0.05, 0) is 31.2 Å². The fourth-order valence-corrected chi connectivity index (χ4v) is 3.62. The minimum Gasteiger partial charge on any atom is -0.469 e. The van der Waals surface area contributed by atoms with Crippen LogP contribution in [0.25, 0.3) is 10.8 Å². The predicted octanol–water partition coefficient (Wildman–Crippen LogP) is 3.37. The van der Waals surface area contributed by atoms with Gasteiger partial charge in [-0.2, -0.15) is 0 Å². The number of methoxy groups -OCH3 is 1. The van der Waals surface area contributed by atoms with Crippen molar-refractivity contribution >= 4 is 47.2 Å². The molecule has 0 unspecified atom stereocenters. The summed E-state index contributed by atoms with van der Waals surface area (Å²) in [5.41, 5.74) is 0.799. The number of hydrogen-bond acceptors (Lipinski definition) is 6. The second-order valence-corrected chi connectivity index (χ2v) is 7.02. The normalized spacial score (nSPS) is 15.3. The number of likely N-dealkylation sites (tertiary alicyclic amines) is 1. The van der Waals surface area contributed by atoms with Crippen molar-refractivity contribution in [3.8, 4) is 10.8 Å². The topological polar surface area (TPSA) is 80.0 Å². The van der Waals surface area contributed by atoms with Crippen molar-refractivity contribution in [3.63, 3.8) is 0 Å². The Morgan fingerprint density at radius 1 is 1.48 bits per heavy atom. The number of thiophene rings is 1. The molecule has 1 N–H and O–H groups in total. The Balaban J connectivity index is 0.00000261. The molecule has 9 heteroatoms. The fourth-order valence-electron chi connectivity index (χ4n) is 2.97. The van der Waals surface area contributed by atoms with Crippen LogP contribution in [0, 0.1) is 5.92 Å². The van der Waals surface area contributed by atoms with E-state index in [0.717, 1.165) is 49.0 Å². The number of nitrogens with zero attached hydrogens (tertiary/aromatic N) is 3. The molecule has 7 nitrogen and oxygen atoms in total. The van der Waals surface area contributed by atoms with Crippen LogP contribution in [0.5, 0.6) is 0 Å². The molecule has 148 valence electrons. The highest BCUT2D eigenvalue weighted by Crippen LogP contribution is 2.24. The van der Waals surface area contributed by atoms with Crippen molar-refractivity contribution in [1.82, 2.24) is 15.2 Å². The predicted molar refractivity (Wildman–Crippen MR) is 116 cm³/mol. The highest BCUT2D eigenvalue weighted by Gasteiger charge is 2.27. The van der Waals surface area contributed by atoms with E-state index in [0.29, 0.717) is 12.4 Å². The molecule has 1 aliphatic rings. The van der Waals surface area contributed by atoms with E-state index >= 15 is 0 Å². The first kappa shape index (κ1) is 21.7. The molecule has 3 heterocycles. The van der Waals surface area contributed by atoms with Crippen LogP contribution in [0.4, 0.5) is 0 Å². The van der Waals surface area contributed by atoms with Crippen LogP contribution in [0.15, 0.2) is 33.2 Å². The van der Waals surface area contributed by atoms with Crippen molar-refractivity contribution in [2.45, 2.75) is 26.3 Å². The van der Waals surface area contributed by atoms with Crippen molar-refractivity contribution in [1.29, 1.82) is 0 Å². The number of halogens is 1. The molecule has 0 aromatic carbocycles. The second kappa shape index (κ2) is 10.6. The third kappa shape index (κ3) is 5.68. The highest BCUT2D eigenvalue weighted by molar-refractivity contribution is 14.0. The maximum atomic E-state index is 11.7. The molecule has 27 heavy (non-hydrogen) atoms. The average molecular weight is 504 g/mol. The van der Waals surface area contributed by atoms with E-state index in [-0.39, 0.29) is 35.9 Å². The van der Waals surface area contributed by atoms with Gasteiger partial charge in [0.2, 0.25) is 5.89 Å². The summed E-state index contributed by atoms with van der Waals surface area (Å²) in [7, 11) is 1.45. The number of oxazole rings is 1. The van der Waals surface area contributed by atoms with Gasteiger partial charge >= 0.3 is 5.97 Å². The number of ether oxygens (including phenoxy) is 1. The maximum absolute atomic E-state index is 11.7. The first-order chi connectivity index (χ1) is 12.7. The fraction of sp³-hybridized carbons (Fsp3) is 0.500. The van der Waals surface area contributed by atoms with Crippen LogP contribution in [0.1, 0.15) is 25.5 Å². The Bertz CT molecular complexity index is 740. The molecular formula is C18H25IN4O3S. The number of carbonyl (C=O) groups is 1. The Hall–Kier alpha value is -1.62. The van der Waals surface area contributed by atoms with Crippen molar-refractivity contribution in [3.05, 3.63) is 29.5 Å². The van der Waals surface area contributed by atoms with Gasteiger partial charge in [0.1, 0.15) is 12.0 Å². The number of hydrogen-bond donors (Lipinski definition) is 1. The van der Waals surface area contributed by atoms with Gasteiger partial charge in [0.25, 0.3) is 0 Å². The molecule has 0 saturated carbocycles. The molecule has 0 aliphatic carbocycles. The summed E-state index contributed by atoms with van der Waals surface area (Å²) in [6.07, 6.45) is 3.22. The first-order valence-corrected chi connectivity index (χ1v) is 9.68. The Morgan fingerprint density at radius 2 is 2.26 bits per heavy atom. The quantitative estimate of drug-likeness (QED) is 0.291. The summed E-state index contributed by atoms with van der Waals surface area (Å²) >= 11 is 1.60. The van der Waals surface area contributed by atoms with Gasteiger partial charge in [0.15, 0.2) is 5.96 Å². The van der Waals surface area contributed by atoms with Gasteiger partial charge in [-0.3, -0.25) is 4.79 Å². The Kier molecular flexibility index (Phi) is 8.55. The number of nitrogens with one attached hydrogen (secondary N) is 1. The zero-order valence-electron chi connectivity index (χ0n) is 15.5. The number of aliphatic imine (C=N–C) groups is 1. The SMILES string of the molecule is CCNC(=NCc1coc(-c2cccs2)n1)N1CCC(C(=O)OC)CC1.I. The lowest BCUT2D eigenvalue weighted by Gasteiger charge is -2.33. The lowest BCUT2D eigenvalue weighted by atomic mass is 9.97. The zero-order valence-corrected chi connectivity index (χ0v) is 18.7. The Labute approximate surface area is 180 Å². The maximum Gasteiger partial charge on any atom is 0.308 e. The van der Waals surface area contributed by atoms with Crippen LogP contribution in [-0.2, 0) is 16.1 Å². The highest BCUT2D eigenvalue weighted by atomic mass is 127. The van der Waals surface area contributed by atoms with E-state index in [1.165, 1.54) is 7.11 Å². The van der Waals surface area contributed by atoms with Gasteiger partial charge in [0.05, 0.1) is 24.4 Å². The van der Waals surface area contributed by atoms with Crippen molar-refractivity contribution in [2.75, 3.05) is 26.7 Å². The van der Waals surface area contributed by atoms with Crippen LogP contribution >= 0.6 is 35.3 Å². The first-order valence-electron chi connectivity index (χ1n) is 8.80.